The van der Waals surface area contributed by atoms with Gasteiger partial charge in [0.15, 0.2) is 0 Å². The number of carbonyl (C=O) groups excluding carboxylic acids is 1. The van der Waals surface area contributed by atoms with E-state index < -0.39 is 0 Å². The van der Waals surface area contributed by atoms with Crippen LogP contribution in [0.4, 0.5) is 0 Å². The Hall–Kier alpha value is -1.32. The maximum absolute atomic E-state index is 11.2. The Labute approximate surface area is 91.7 Å². The average molecular weight is 211 g/mol. The monoisotopic (exact) mass is 211 g/mol. The summed E-state index contributed by atoms with van der Waals surface area (Å²) < 4.78 is 1.86. The Balaban J connectivity index is 0.000000921. The molecule has 4 heteroatoms. The first kappa shape index (κ1) is 13.7. The second-order valence-electron chi connectivity index (χ2n) is 3.40. The third-order valence-electron chi connectivity index (χ3n) is 1.73. The van der Waals surface area contributed by atoms with Crippen LogP contribution in [-0.2, 0) is 18.4 Å². The van der Waals surface area contributed by atoms with Gasteiger partial charge in [-0.3, -0.25) is 4.79 Å². The van der Waals surface area contributed by atoms with E-state index in [1.807, 2.05) is 45.5 Å². The van der Waals surface area contributed by atoms with E-state index >= 15 is 0 Å². The first-order chi connectivity index (χ1) is 7.09. The molecule has 0 saturated carbocycles. The minimum absolute atomic E-state index is 0.0312. The second-order valence-corrected chi connectivity index (χ2v) is 3.40. The number of rotatable bonds is 3. The Morgan fingerprint density at radius 1 is 1.53 bits per heavy atom. The molecule has 86 valence electrons. The average Bonchev–Trinajstić information content (AvgIpc) is 2.63. The molecule has 0 aliphatic rings. The van der Waals surface area contributed by atoms with E-state index in [-0.39, 0.29) is 11.8 Å². The maximum atomic E-state index is 11.2. The molecule has 1 heterocycles. The zero-order valence-electron chi connectivity index (χ0n) is 10.2. The van der Waals surface area contributed by atoms with Crippen LogP contribution in [0.5, 0.6) is 0 Å². The van der Waals surface area contributed by atoms with E-state index in [4.69, 9.17) is 0 Å². The Kier molecular flexibility index (Phi) is 6.42. The van der Waals surface area contributed by atoms with Crippen LogP contribution in [-0.4, -0.2) is 15.5 Å². The predicted molar refractivity (Wildman–Crippen MR) is 61.2 cm³/mol. The molecule has 1 rings (SSSR count). The van der Waals surface area contributed by atoms with Gasteiger partial charge in [-0.25, -0.2) is 4.98 Å². The van der Waals surface area contributed by atoms with Gasteiger partial charge in [0.25, 0.3) is 0 Å². The van der Waals surface area contributed by atoms with Crippen molar-refractivity contribution in [3.8, 4) is 0 Å². The molecule has 0 saturated heterocycles. The molecule has 0 aliphatic carbocycles. The van der Waals surface area contributed by atoms with Crippen LogP contribution >= 0.6 is 0 Å². The number of hydrogen-bond donors (Lipinski definition) is 1. The van der Waals surface area contributed by atoms with E-state index in [1.165, 1.54) is 0 Å². The molecule has 0 spiro atoms. The summed E-state index contributed by atoms with van der Waals surface area (Å²) in [6.07, 6.45) is 3.61. The van der Waals surface area contributed by atoms with Crippen molar-refractivity contribution < 1.29 is 4.79 Å². The van der Waals surface area contributed by atoms with Crippen LogP contribution in [0.2, 0.25) is 0 Å². The number of hydrogen-bond acceptors (Lipinski definition) is 2. The SMILES string of the molecule is CC.CC(C)C(=O)NCc1cn(C)cn1. The summed E-state index contributed by atoms with van der Waals surface area (Å²) in [5.74, 6) is 0.0920. The molecule has 15 heavy (non-hydrogen) atoms. The minimum atomic E-state index is 0.0312. The van der Waals surface area contributed by atoms with E-state index in [2.05, 4.69) is 10.3 Å². The van der Waals surface area contributed by atoms with Crippen molar-refractivity contribution in [2.45, 2.75) is 34.2 Å². The Bertz CT molecular complexity index is 292. The van der Waals surface area contributed by atoms with Crippen LogP contribution in [0.25, 0.3) is 0 Å². The van der Waals surface area contributed by atoms with E-state index in [0.717, 1.165) is 5.69 Å². The van der Waals surface area contributed by atoms with Gasteiger partial charge in [-0.1, -0.05) is 27.7 Å². The molecule has 0 unspecified atom stereocenters. The van der Waals surface area contributed by atoms with Gasteiger partial charge in [0, 0.05) is 19.2 Å². The lowest BCUT2D eigenvalue weighted by Gasteiger charge is -2.04. The lowest BCUT2D eigenvalue weighted by atomic mass is 10.2. The van der Waals surface area contributed by atoms with Crippen molar-refractivity contribution in [3.05, 3.63) is 18.2 Å². The fourth-order valence-electron chi connectivity index (χ4n) is 0.940. The van der Waals surface area contributed by atoms with Gasteiger partial charge in [-0.2, -0.15) is 0 Å². The topological polar surface area (TPSA) is 46.9 Å². The lowest BCUT2D eigenvalue weighted by molar-refractivity contribution is -0.124. The number of carbonyl (C=O) groups is 1. The van der Waals surface area contributed by atoms with Crippen molar-refractivity contribution in [2.24, 2.45) is 13.0 Å². The molecule has 1 aromatic rings. The number of imidazole rings is 1. The van der Waals surface area contributed by atoms with Gasteiger partial charge < -0.3 is 9.88 Å². The van der Waals surface area contributed by atoms with Crippen molar-refractivity contribution in [2.75, 3.05) is 0 Å². The number of nitrogens with zero attached hydrogens (tertiary/aromatic N) is 2. The third-order valence-corrected chi connectivity index (χ3v) is 1.73. The lowest BCUT2D eigenvalue weighted by Crippen LogP contribution is -2.27. The van der Waals surface area contributed by atoms with Gasteiger partial charge in [-0.05, 0) is 0 Å². The molecule has 0 aromatic carbocycles. The fourth-order valence-corrected chi connectivity index (χ4v) is 0.940. The Morgan fingerprint density at radius 3 is 2.53 bits per heavy atom. The highest BCUT2D eigenvalue weighted by atomic mass is 16.1. The summed E-state index contributed by atoms with van der Waals surface area (Å²) >= 11 is 0. The van der Waals surface area contributed by atoms with Gasteiger partial charge in [-0.15, -0.1) is 0 Å². The highest BCUT2D eigenvalue weighted by Crippen LogP contribution is 1.95. The molecular weight excluding hydrogens is 190 g/mol. The van der Waals surface area contributed by atoms with Crippen LogP contribution in [0.15, 0.2) is 12.5 Å². The van der Waals surface area contributed by atoms with Crippen LogP contribution in [0.1, 0.15) is 33.4 Å². The molecule has 0 atom stereocenters. The highest BCUT2D eigenvalue weighted by Gasteiger charge is 2.06. The first-order valence-corrected chi connectivity index (χ1v) is 5.34. The standard InChI is InChI=1S/C9H15N3O.C2H6/c1-7(2)9(13)10-4-8-5-12(3)6-11-8;1-2/h5-7H,4H2,1-3H3,(H,10,13);1-2H3. The summed E-state index contributed by atoms with van der Waals surface area (Å²) in [6, 6.07) is 0. The normalized spacial score (nSPS) is 9.47. The number of amides is 1. The van der Waals surface area contributed by atoms with Crippen molar-refractivity contribution in [3.63, 3.8) is 0 Å². The molecule has 0 fully saturated rings. The second kappa shape index (κ2) is 7.04. The van der Waals surface area contributed by atoms with E-state index in [0.29, 0.717) is 6.54 Å². The van der Waals surface area contributed by atoms with Gasteiger partial charge in [0.2, 0.25) is 5.91 Å². The molecule has 0 bridgehead atoms. The number of aromatic nitrogens is 2. The van der Waals surface area contributed by atoms with Gasteiger partial charge in [0.1, 0.15) is 0 Å². The van der Waals surface area contributed by atoms with Crippen molar-refractivity contribution >= 4 is 5.91 Å². The first-order valence-electron chi connectivity index (χ1n) is 5.34. The predicted octanol–water partition coefficient (Wildman–Crippen LogP) is 1.72. The summed E-state index contributed by atoms with van der Waals surface area (Å²) in [5, 5.41) is 2.80. The summed E-state index contributed by atoms with van der Waals surface area (Å²) in [6.45, 7) is 8.25. The van der Waals surface area contributed by atoms with Crippen LogP contribution < -0.4 is 5.32 Å². The summed E-state index contributed by atoms with van der Waals surface area (Å²) in [5.41, 5.74) is 0.886. The maximum Gasteiger partial charge on any atom is 0.222 e. The quantitative estimate of drug-likeness (QED) is 0.827. The van der Waals surface area contributed by atoms with Gasteiger partial charge in [0.05, 0.1) is 18.6 Å². The third kappa shape index (κ3) is 5.20. The molecular formula is C11H21N3O. The van der Waals surface area contributed by atoms with Crippen molar-refractivity contribution in [1.29, 1.82) is 0 Å². The number of nitrogens with one attached hydrogen (secondary N) is 1. The largest absolute Gasteiger partial charge is 0.350 e. The minimum Gasteiger partial charge on any atom is -0.350 e. The van der Waals surface area contributed by atoms with Crippen LogP contribution in [0.3, 0.4) is 0 Å². The number of aryl methyl sites for hydroxylation is 1. The van der Waals surface area contributed by atoms with Crippen LogP contribution in [0, 0.1) is 5.92 Å². The summed E-state index contributed by atoms with van der Waals surface area (Å²) in [4.78, 5) is 15.3. The van der Waals surface area contributed by atoms with E-state index in [9.17, 15) is 4.79 Å². The zero-order valence-corrected chi connectivity index (χ0v) is 10.2. The summed E-state index contributed by atoms with van der Waals surface area (Å²) in [7, 11) is 1.90. The molecule has 0 aliphatic heterocycles. The highest BCUT2D eigenvalue weighted by molar-refractivity contribution is 5.77. The molecule has 1 aromatic heterocycles. The fraction of sp³-hybridized carbons (Fsp3) is 0.636. The molecule has 0 radical (unpaired) electrons. The van der Waals surface area contributed by atoms with Crippen molar-refractivity contribution in [1.82, 2.24) is 14.9 Å². The van der Waals surface area contributed by atoms with Gasteiger partial charge >= 0.3 is 0 Å². The zero-order chi connectivity index (χ0) is 11.8. The smallest absolute Gasteiger partial charge is 0.222 e. The Morgan fingerprint density at radius 2 is 2.13 bits per heavy atom. The molecule has 1 amide bonds. The molecule has 4 nitrogen and oxygen atoms in total. The van der Waals surface area contributed by atoms with E-state index in [1.54, 1.807) is 6.33 Å². The molecule has 1 N–H and O–H groups in total.